The lowest BCUT2D eigenvalue weighted by Crippen LogP contribution is -2.25. The molecular formula is C19H16N2O3S. The quantitative estimate of drug-likeness (QED) is 0.731. The molecule has 0 radical (unpaired) electrons. The summed E-state index contributed by atoms with van der Waals surface area (Å²) in [5, 5.41) is 9.37. The molecule has 0 saturated heterocycles. The van der Waals surface area contributed by atoms with Gasteiger partial charge in [-0.2, -0.15) is 4.99 Å². The lowest BCUT2D eigenvalue weighted by Gasteiger charge is -2.09. The Morgan fingerprint density at radius 1 is 1.12 bits per heavy atom. The van der Waals surface area contributed by atoms with Crippen LogP contribution in [0.1, 0.15) is 18.5 Å². The number of amides is 1. The molecule has 0 aliphatic heterocycles. The number of carbonyl (C=O) groups is 2. The highest BCUT2D eigenvalue weighted by Crippen LogP contribution is 2.20. The van der Waals surface area contributed by atoms with Gasteiger partial charge in [-0.3, -0.25) is 4.79 Å². The number of carboxylic acid groups (broad SMARTS) is 1. The third-order valence-electron chi connectivity index (χ3n) is 3.70. The van der Waals surface area contributed by atoms with Crippen LogP contribution in [0, 0.1) is 0 Å². The minimum absolute atomic E-state index is 0.374. The number of hydrogen-bond acceptors (Lipinski definition) is 3. The van der Waals surface area contributed by atoms with Crippen LogP contribution in [0.15, 0.2) is 65.7 Å². The molecule has 126 valence electrons. The van der Waals surface area contributed by atoms with Crippen molar-refractivity contribution in [1.29, 1.82) is 0 Å². The van der Waals surface area contributed by atoms with Crippen molar-refractivity contribution in [2.24, 2.45) is 4.99 Å². The molecule has 1 N–H and O–H groups in total. The molecule has 1 aromatic heterocycles. The van der Waals surface area contributed by atoms with Crippen LogP contribution in [0.4, 0.5) is 0 Å². The fraction of sp³-hybridized carbons (Fsp3) is 0.105. The number of carboxylic acids is 1. The van der Waals surface area contributed by atoms with Gasteiger partial charge in [-0.15, -0.1) is 0 Å². The third-order valence-corrected chi connectivity index (χ3v) is 4.74. The number of hydrogen-bond donors (Lipinski definition) is 1. The Morgan fingerprint density at radius 3 is 2.52 bits per heavy atom. The summed E-state index contributed by atoms with van der Waals surface area (Å²) in [5.74, 6) is -1.40. The highest BCUT2D eigenvalue weighted by molar-refractivity contribution is 7.16. The SMILES string of the molecule is CC(C(=O)O)n1c(=NC(=O)/C=C/c2ccccc2)sc2ccccc21. The van der Waals surface area contributed by atoms with Gasteiger partial charge in [-0.25, -0.2) is 4.79 Å². The van der Waals surface area contributed by atoms with Crippen LogP contribution < -0.4 is 4.80 Å². The zero-order valence-corrected chi connectivity index (χ0v) is 14.3. The zero-order valence-electron chi connectivity index (χ0n) is 13.5. The highest BCUT2D eigenvalue weighted by atomic mass is 32.1. The molecule has 1 heterocycles. The van der Waals surface area contributed by atoms with Crippen LogP contribution in [-0.2, 0) is 9.59 Å². The van der Waals surface area contributed by atoms with Gasteiger partial charge in [0, 0.05) is 6.08 Å². The van der Waals surface area contributed by atoms with E-state index in [1.807, 2.05) is 54.6 Å². The Hall–Kier alpha value is -2.99. The van der Waals surface area contributed by atoms with E-state index in [1.54, 1.807) is 17.6 Å². The van der Waals surface area contributed by atoms with Crippen LogP contribution in [-0.4, -0.2) is 21.6 Å². The minimum atomic E-state index is -0.975. The van der Waals surface area contributed by atoms with E-state index in [9.17, 15) is 14.7 Å². The summed E-state index contributed by atoms with van der Waals surface area (Å²) in [6.07, 6.45) is 3.07. The lowest BCUT2D eigenvalue weighted by atomic mass is 10.2. The number of benzene rings is 2. The second kappa shape index (κ2) is 7.27. The summed E-state index contributed by atoms with van der Waals surface area (Å²) in [6, 6.07) is 16.0. The average molecular weight is 352 g/mol. The zero-order chi connectivity index (χ0) is 17.8. The number of nitrogens with zero attached hydrogens (tertiary/aromatic N) is 2. The van der Waals surface area contributed by atoms with Crippen molar-refractivity contribution in [3.63, 3.8) is 0 Å². The molecule has 2 aromatic carbocycles. The molecule has 0 aliphatic carbocycles. The second-order valence-electron chi connectivity index (χ2n) is 5.43. The van der Waals surface area contributed by atoms with Crippen molar-refractivity contribution in [3.8, 4) is 0 Å². The number of aromatic nitrogens is 1. The number of thiazole rings is 1. The van der Waals surface area contributed by atoms with Crippen LogP contribution in [0.2, 0.25) is 0 Å². The maximum Gasteiger partial charge on any atom is 0.326 e. The standard InChI is InChI=1S/C19H16N2O3S/c1-13(18(23)24)21-15-9-5-6-10-16(15)25-19(21)20-17(22)12-11-14-7-3-2-4-8-14/h2-13H,1H3,(H,23,24)/b12-11+,20-19?. The number of rotatable bonds is 4. The molecule has 0 fully saturated rings. The summed E-state index contributed by atoms with van der Waals surface area (Å²) < 4.78 is 2.46. The van der Waals surface area contributed by atoms with Crippen molar-refractivity contribution >= 4 is 39.5 Å². The van der Waals surface area contributed by atoms with Crippen LogP contribution in [0.25, 0.3) is 16.3 Å². The fourth-order valence-corrected chi connectivity index (χ4v) is 3.52. The predicted molar refractivity (Wildman–Crippen MR) is 98.2 cm³/mol. The summed E-state index contributed by atoms with van der Waals surface area (Å²) in [5.41, 5.74) is 1.65. The minimum Gasteiger partial charge on any atom is -0.480 e. The molecule has 1 amide bonds. The Morgan fingerprint density at radius 2 is 1.80 bits per heavy atom. The van der Waals surface area contributed by atoms with Gasteiger partial charge in [0.1, 0.15) is 6.04 Å². The monoisotopic (exact) mass is 352 g/mol. The first-order valence-corrected chi connectivity index (χ1v) is 8.52. The van der Waals surface area contributed by atoms with Crippen molar-refractivity contribution in [3.05, 3.63) is 71.0 Å². The van der Waals surface area contributed by atoms with E-state index in [0.29, 0.717) is 4.80 Å². The summed E-state index contributed by atoms with van der Waals surface area (Å²) in [4.78, 5) is 28.1. The Kier molecular flexibility index (Phi) is 4.90. The molecule has 0 spiro atoms. The molecule has 0 aliphatic rings. The van der Waals surface area contributed by atoms with Crippen LogP contribution in [0.5, 0.6) is 0 Å². The lowest BCUT2D eigenvalue weighted by molar-refractivity contribution is -0.140. The summed E-state index contributed by atoms with van der Waals surface area (Å²) in [7, 11) is 0. The van der Waals surface area contributed by atoms with E-state index >= 15 is 0 Å². The first-order chi connectivity index (χ1) is 12.1. The van der Waals surface area contributed by atoms with Gasteiger partial charge in [0.25, 0.3) is 5.91 Å². The summed E-state index contributed by atoms with van der Waals surface area (Å²) >= 11 is 1.30. The second-order valence-corrected chi connectivity index (χ2v) is 6.44. The van der Waals surface area contributed by atoms with Gasteiger partial charge in [0.15, 0.2) is 4.80 Å². The first kappa shape index (κ1) is 16.9. The van der Waals surface area contributed by atoms with E-state index in [-0.39, 0.29) is 0 Å². The van der Waals surface area contributed by atoms with Crippen LogP contribution in [0.3, 0.4) is 0 Å². The van der Waals surface area contributed by atoms with Gasteiger partial charge in [0.05, 0.1) is 10.2 Å². The highest BCUT2D eigenvalue weighted by Gasteiger charge is 2.18. The van der Waals surface area contributed by atoms with E-state index < -0.39 is 17.9 Å². The van der Waals surface area contributed by atoms with Crippen molar-refractivity contribution in [1.82, 2.24) is 4.57 Å². The molecule has 6 heteroatoms. The smallest absolute Gasteiger partial charge is 0.326 e. The molecule has 1 atom stereocenters. The Bertz CT molecular complexity index is 1020. The van der Waals surface area contributed by atoms with Gasteiger partial charge in [-0.1, -0.05) is 53.8 Å². The van der Waals surface area contributed by atoms with E-state index in [0.717, 1.165) is 15.8 Å². The van der Waals surface area contributed by atoms with Gasteiger partial charge in [0.2, 0.25) is 0 Å². The maximum absolute atomic E-state index is 12.2. The molecule has 0 saturated carbocycles. The molecular weight excluding hydrogens is 336 g/mol. The largest absolute Gasteiger partial charge is 0.480 e. The molecule has 0 bridgehead atoms. The predicted octanol–water partition coefficient (Wildman–Crippen LogP) is 3.49. The third kappa shape index (κ3) is 3.75. The Balaban J connectivity index is 2.03. The Labute approximate surface area is 148 Å². The molecule has 25 heavy (non-hydrogen) atoms. The molecule has 3 aromatic rings. The van der Waals surface area contributed by atoms with Gasteiger partial charge in [-0.05, 0) is 30.7 Å². The number of carbonyl (C=O) groups excluding carboxylic acids is 1. The van der Waals surface area contributed by atoms with Crippen molar-refractivity contribution in [2.45, 2.75) is 13.0 Å². The van der Waals surface area contributed by atoms with Gasteiger partial charge < -0.3 is 9.67 Å². The number of aliphatic carboxylic acids is 1. The molecule has 3 rings (SSSR count). The van der Waals surface area contributed by atoms with Crippen molar-refractivity contribution in [2.75, 3.05) is 0 Å². The maximum atomic E-state index is 12.2. The topological polar surface area (TPSA) is 71.7 Å². The normalized spacial score (nSPS) is 13.4. The fourth-order valence-electron chi connectivity index (χ4n) is 2.42. The molecule has 5 nitrogen and oxygen atoms in total. The number of fused-ring (bicyclic) bond motifs is 1. The van der Waals surface area contributed by atoms with E-state index in [2.05, 4.69) is 4.99 Å². The van der Waals surface area contributed by atoms with E-state index in [1.165, 1.54) is 17.4 Å². The average Bonchev–Trinajstić information content (AvgIpc) is 2.97. The number of para-hydroxylation sites is 1. The first-order valence-electron chi connectivity index (χ1n) is 7.71. The van der Waals surface area contributed by atoms with Crippen molar-refractivity contribution < 1.29 is 14.7 Å². The van der Waals surface area contributed by atoms with E-state index in [4.69, 9.17) is 0 Å². The van der Waals surface area contributed by atoms with Gasteiger partial charge >= 0.3 is 5.97 Å². The summed E-state index contributed by atoms with van der Waals surface area (Å²) in [6.45, 7) is 1.57. The molecule has 1 unspecified atom stereocenters. The van der Waals surface area contributed by atoms with Crippen LogP contribution >= 0.6 is 11.3 Å².